The average Bonchev–Trinajstić information content (AvgIpc) is 3.48. The van der Waals surface area contributed by atoms with Crippen LogP contribution in [0.3, 0.4) is 0 Å². The third-order valence-corrected chi connectivity index (χ3v) is 11.1. The summed E-state index contributed by atoms with van der Waals surface area (Å²) in [6, 6.07) is 28.4. The van der Waals surface area contributed by atoms with E-state index in [1.165, 1.54) is 13.3 Å². The van der Waals surface area contributed by atoms with Gasteiger partial charge in [-0.15, -0.1) is 0 Å². The van der Waals surface area contributed by atoms with E-state index in [4.69, 9.17) is 9.57 Å². The fourth-order valence-corrected chi connectivity index (χ4v) is 8.01. The number of hydrogen-bond acceptors (Lipinski definition) is 6. The molecule has 0 aliphatic carbocycles. The minimum atomic E-state index is -0.530. The normalized spacial score (nSPS) is 12.8. The Morgan fingerprint density at radius 2 is 1.54 bits per heavy atom. The molecular formula is C49H56N2O5. The van der Waals surface area contributed by atoms with E-state index in [1.54, 1.807) is 0 Å². The van der Waals surface area contributed by atoms with Gasteiger partial charge in [0.25, 0.3) is 0 Å². The van der Waals surface area contributed by atoms with Crippen molar-refractivity contribution in [1.29, 1.82) is 0 Å². The van der Waals surface area contributed by atoms with Crippen LogP contribution in [-0.2, 0) is 16.2 Å². The molecule has 56 heavy (non-hydrogen) atoms. The molecule has 0 fully saturated rings. The van der Waals surface area contributed by atoms with Gasteiger partial charge in [0, 0.05) is 64.0 Å². The van der Waals surface area contributed by atoms with E-state index in [9.17, 15) is 14.7 Å². The van der Waals surface area contributed by atoms with E-state index in [2.05, 4.69) is 79.0 Å². The smallest absolute Gasteiger partial charge is 0.332 e. The molecule has 7 nitrogen and oxygen atoms in total. The number of carbonyl (C=O) groups excluding carboxylic acids is 2. The van der Waals surface area contributed by atoms with Crippen LogP contribution in [-0.4, -0.2) is 40.4 Å². The molecule has 6 rings (SSSR count). The molecule has 0 aliphatic rings. The summed E-state index contributed by atoms with van der Waals surface area (Å²) in [6.45, 7) is 17.2. The third-order valence-electron chi connectivity index (χ3n) is 11.1. The summed E-state index contributed by atoms with van der Waals surface area (Å²) >= 11 is 0. The van der Waals surface area contributed by atoms with Crippen molar-refractivity contribution in [2.75, 3.05) is 13.2 Å². The number of oxime groups is 1. The minimum Gasteiger partial charge on any atom is -0.493 e. The van der Waals surface area contributed by atoms with Crippen molar-refractivity contribution in [3.05, 3.63) is 124 Å². The number of aliphatic hydroxyl groups excluding tert-OH is 1. The van der Waals surface area contributed by atoms with Crippen LogP contribution in [0, 0.1) is 32.1 Å². The largest absolute Gasteiger partial charge is 0.493 e. The Morgan fingerprint density at radius 3 is 2.21 bits per heavy atom. The van der Waals surface area contributed by atoms with Crippen molar-refractivity contribution in [3.8, 4) is 5.75 Å². The van der Waals surface area contributed by atoms with Crippen molar-refractivity contribution in [2.45, 2.75) is 94.0 Å². The van der Waals surface area contributed by atoms with E-state index >= 15 is 0 Å². The molecule has 1 heterocycles. The van der Waals surface area contributed by atoms with Crippen LogP contribution >= 0.6 is 0 Å². The molecular weight excluding hydrogens is 697 g/mol. The summed E-state index contributed by atoms with van der Waals surface area (Å²) in [5.74, 6) is 0.556. The first kappa shape index (κ1) is 40.4. The molecule has 1 N–H and O–H groups in total. The van der Waals surface area contributed by atoms with Crippen molar-refractivity contribution in [1.82, 2.24) is 4.57 Å². The zero-order valence-electron chi connectivity index (χ0n) is 34.3. The Balaban J connectivity index is 1.61. The van der Waals surface area contributed by atoms with Crippen LogP contribution in [0.15, 0.2) is 90.1 Å². The van der Waals surface area contributed by atoms with Crippen molar-refractivity contribution in [3.63, 3.8) is 0 Å². The number of para-hydroxylation sites is 1. The fraction of sp³-hybridized carbons (Fsp3) is 0.367. The number of ketones is 1. The van der Waals surface area contributed by atoms with Gasteiger partial charge in [-0.05, 0) is 91.8 Å². The Kier molecular flexibility index (Phi) is 12.4. The van der Waals surface area contributed by atoms with E-state index in [1.807, 2.05) is 64.1 Å². The van der Waals surface area contributed by atoms with E-state index < -0.39 is 5.97 Å². The topological polar surface area (TPSA) is 90.1 Å². The molecule has 5 aromatic carbocycles. The SMILES string of the molecule is CCCCC(CC)Cn1c2ccc(/C(=N\OC(C)=O)c3ccccc3OCCC(C)(C)CO)cc2c2cc(C(=O)c3c(C)cc(C)cc3C)c3ccccc3c21. The molecule has 0 bridgehead atoms. The molecule has 0 spiro atoms. The maximum Gasteiger partial charge on any atom is 0.332 e. The van der Waals surface area contributed by atoms with Crippen molar-refractivity contribution < 1.29 is 24.3 Å². The lowest BCUT2D eigenvalue weighted by atomic mass is 9.89. The number of rotatable bonds is 16. The molecule has 7 heteroatoms. The number of unbranched alkanes of at least 4 members (excludes halogenated alkanes) is 1. The van der Waals surface area contributed by atoms with Gasteiger partial charge in [0.15, 0.2) is 5.78 Å². The summed E-state index contributed by atoms with van der Waals surface area (Å²) in [6.07, 6.45) is 5.16. The Bertz CT molecular complexity index is 2410. The lowest BCUT2D eigenvalue weighted by Gasteiger charge is -2.22. The number of hydrogen-bond donors (Lipinski definition) is 1. The number of ether oxygens (including phenoxy) is 1. The minimum absolute atomic E-state index is 0.0112. The maximum absolute atomic E-state index is 14.8. The zero-order valence-corrected chi connectivity index (χ0v) is 34.3. The zero-order chi connectivity index (χ0) is 40.1. The Labute approximate surface area is 331 Å². The van der Waals surface area contributed by atoms with Crippen LogP contribution < -0.4 is 4.74 Å². The standard InChI is InChI=1S/C49H56N2O5/c1-9-11-16-35(10-2)29-51-43-22-21-36(46(50-56-34(6)53)39-19-14-15-20-44(39)55-24-23-49(7,8)30-52)27-40(43)41-28-42(37-17-12-13-18-38(37)47(41)51)48(54)45-32(4)25-31(3)26-33(45)5/h12-15,17-22,25-28,35,52H,9-11,16,23-24,29-30H2,1-8H3/b50-46+. The highest BCUT2D eigenvalue weighted by Crippen LogP contribution is 2.39. The first-order valence-corrected chi connectivity index (χ1v) is 20.1. The van der Waals surface area contributed by atoms with Crippen LogP contribution in [0.5, 0.6) is 5.75 Å². The highest BCUT2D eigenvalue weighted by atomic mass is 16.7. The highest BCUT2D eigenvalue weighted by molar-refractivity contribution is 6.27. The first-order valence-electron chi connectivity index (χ1n) is 20.1. The van der Waals surface area contributed by atoms with Crippen LogP contribution in [0.1, 0.15) is 110 Å². The number of aryl methyl sites for hydroxylation is 3. The second-order valence-electron chi connectivity index (χ2n) is 16.2. The quantitative estimate of drug-likeness (QED) is 0.0460. The van der Waals surface area contributed by atoms with Gasteiger partial charge in [0.05, 0.1) is 12.1 Å². The molecule has 0 amide bonds. The van der Waals surface area contributed by atoms with Gasteiger partial charge in [-0.2, -0.15) is 0 Å². The van der Waals surface area contributed by atoms with Gasteiger partial charge in [-0.3, -0.25) is 4.79 Å². The van der Waals surface area contributed by atoms with Gasteiger partial charge >= 0.3 is 5.97 Å². The van der Waals surface area contributed by atoms with E-state index in [0.29, 0.717) is 41.5 Å². The van der Waals surface area contributed by atoms with Gasteiger partial charge < -0.3 is 19.2 Å². The monoisotopic (exact) mass is 752 g/mol. The molecule has 1 atom stereocenters. The van der Waals surface area contributed by atoms with Gasteiger partial charge in [-0.25, -0.2) is 4.79 Å². The second kappa shape index (κ2) is 17.3. The maximum atomic E-state index is 14.8. The summed E-state index contributed by atoms with van der Waals surface area (Å²) < 4.78 is 8.78. The van der Waals surface area contributed by atoms with Crippen LogP contribution in [0.2, 0.25) is 0 Å². The highest BCUT2D eigenvalue weighted by Gasteiger charge is 2.25. The van der Waals surface area contributed by atoms with Gasteiger partial charge in [-0.1, -0.05) is 112 Å². The molecule has 0 aliphatic heterocycles. The van der Waals surface area contributed by atoms with Crippen LogP contribution in [0.25, 0.3) is 32.6 Å². The third kappa shape index (κ3) is 8.43. The molecule has 0 saturated carbocycles. The van der Waals surface area contributed by atoms with Gasteiger partial charge in [0.1, 0.15) is 11.5 Å². The Hall–Kier alpha value is -5.27. The molecule has 1 unspecified atom stereocenters. The van der Waals surface area contributed by atoms with Crippen molar-refractivity contribution >= 4 is 50.0 Å². The number of aliphatic hydroxyl groups is 1. The summed E-state index contributed by atoms with van der Waals surface area (Å²) in [7, 11) is 0. The number of aromatic nitrogens is 1. The second-order valence-corrected chi connectivity index (χ2v) is 16.2. The number of nitrogens with zero attached hydrogens (tertiary/aromatic N) is 2. The number of benzene rings is 5. The number of fused-ring (bicyclic) bond motifs is 5. The molecule has 292 valence electrons. The lowest BCUT2D eigenvalue weighted by Crippen LogP contribution is -2.20. The predicted molar refractivity (Wildman–Crippen MR) is 229 cm³/mol. The van der Waals surface area contributed by atoms with Gasteiger partial charge in [0.2, 0.25) is 0 Å². The molecule has 0 radical (unpaired) electrons. The fourth-order valence-electron chi connectivity index (χ4n) is 8.01. The van der Waals surface area contributed by atoms with E-state index in [-0.39, 0.29) is 17.8 Å². The summed E-state index contributed by atoms with van der Waals surface area (Å²) in [5.41, 5.74) is 8.23. The Morgan fingerprint density at radius 1 is 0.839 bits per heavy atom. The first-order chi connectivity index (χ1) is 26.9. The summed E-state index contributed by atoms with van der Waals surface area (Å²) in [5, 5.41) is 18.2. The summed E-state index contributed by atoms with van der Waals surface area (Å²) in [4.78, 5) is 32.3. The van der Waals surface area contributed by atoms with Crippen molar-refractivity contribution in [2.24, 2.45) is 16.5 Å². The molecule has 6 aromatic rings. The molecule has 1 aromatic heterocycles. The lowest BCUT2D eigenvalue weighted by molar-refractivity contribution is -0.140. The number of carbonyl (C=O) groups is 2. The average molecular weight is 753 g/mol. The van der Waals surface area contributed by atoms with E-state index in [0.717, 1.165) is 86.2 Å². The van der Waals surface area contributed by atoms with Crippen LogP contribution in [0.4, 0.5) is 0 Å². The molecule has 0 saturated heterocycles. The predicted octanol–water partition coefficient (Wildman–Crippen LogP) is 11.4.